The summed E-state index contributed by atoms with van der Waals surface area (Å²) >= 11 is 0. The summed E-state index contributed by atoms with van der Waals surface area (Å²) in [5.41, 5.74) is 8.55. The molecule has 0 aliphatic carbocycles. The number of hydrogen-bond acceptors (Lipinski definition) is 10. The van der Waals surface area contributed by atoms with Crippen LogP contribution in [0.25, 0.3) is 0 Å². The number of nitrogen functional groups attached to an aromatic ring is 1. The topological polar surface area (TPSA) is 177 Å². The summed E-state index contributed by atoms with van der Waals surface area (Å²) in [6.45, 7) is 14.7. The molecule has 0 saturated heterocycles. The van der Waals surface area contributed by atoms with Gasteiger partial charge in [0.15, 0.2) is 0 Å². The average molecular weight is 741 g/mol. The maximum atomic E-state index is 13.6. The molecule has 0 spiro atoms. The number of anilines is 4. The van der Waals surface area contributed by atoms with Gasteiger partial charge in [-0.1, -0.05) is 0 Å². The van der Waals surface area contributed by atoms with Crippen LogP contribution >= 0.6 is 0 Å². The molecule has 0 saturated carbocycles. The van der Waals surface area contributed by atoms with Gasteiger partial charge in [0.05, 0.1) is 59.8 Å². The van der Waals surface area contributed by atoms with Crippen molar-refractivity contribution in [2.24, 2.45) is 0 Å². The Labute approximate surface area is 315 Å². The van der Waals surface area contributed by atoms with Gasteiger partial charge in [-0.2, -0.15) is 0 Å². The van der Waals surface area contributed by atoms with Crippen molar-refractivity contribution >= 4 is 46.4 Å². The lowest BCUT2D eigenvalue weighted by atomic mass is 10.1. The molecule has 0 unspecified atom stereocenters. The van der Waals surface area contributed by atoms with Gasteiger partial charge >= 0.3 is 5.97 Å². The number of ether oxygens (including phenoxy) is 5. The third kappa shape index (κ3) is 10.9. The normalized spacial score (nSPS) is 11.0. The Bertz CT molecular complexity index is 2010. The number of hydrogen-bond donors (Lipinski definition) is 4. The van der Waals surface area contributed by atoms with Crippen LogP contribution in [0.1, 0.15) is 96.8 Å². The van der Waals surface area contributed by atoms with Crippen molar-refractivity contribution in [1.29, 1.82) is 0 Å². The fourth-order valence-electron chi connectivity index (χ4n) is 5.07. The van der Waals surface area contributed by atoms with Crippen LogP contribution in [0.3, 0.4) is 0 Å². The molecule has 4 aromatic rings. The van der Waals surface area contributed by atoms with Crippen molar-refractivity contribution in [3.63, 3.8) is 0 Å². The maximum absolute atomic E-state index is 13.6. The second-order valence-electron chi connectivity index (χ2n) is 13.4. The number of nitrogens with one attached hydrogen (secondary N) is 3. The molecule has 0 aliphatic rings. The lowest BCUT2D eigenvalue weighted by Crippen LogP contribution is -2.18. The monoisotopic (exact) mass is 740 g/mol. The van der Waals surface area contributed by atoms with E-state index in [-0.39, 0.29) is 52.6 Å². The van der Waals surface area contributed by atoms with E-state index in [1.54, 1.807) is 48.5 Å². The summed E-state index contributed by atoms with van der Waals surface area (Å²) in [5, 5.41) is 8.56. The molecule has 0 bridgehead atoms. The van der Waals surface area contributed by atoms with Gasteiger partial charge in [0.1, 0.15) is 23.0 Å². The molecule has 4 rings (SSSR count). The van der Waals surface area contributed by atoms with E-state index < -0.39 is 23.7 Å². The van der Waals surface area contributed by atoms with Gasteiger partial charge in [-0.25, -0.2) is 4.79 Å². The van der Waals surface area contributed by atoms with E-state index in [0.717, 1.165) is 0 Å². The Morgan fingerprint density at radius 2 is 0.759 bits per heavy atom. The van der Waals surface area contributed by atoms with Gasteiger partial charge in [-0.3, -0.25) is 14.4 Å². The zero-order valence-electron chi connectivity index (χ0n) is 32.0. The van der Waals surface area contributed by atoms with Crippen molar-refractivity contribution in [3.05, 3.63) is 95.1 Å². The fraction of sp³-hybridized carbons (Fsp3) is 0.317. The lowest BCUT2D eigenvalue weighted by Gasteiger charge is -2.19. The van der Waals surface area contributed by atoms with Crippen LogP contribution in [-0.2, 0) is 4.74 Å². The first kappa shape index (κ1) is 40.5. The minimum atomic E-state index is -0.540. The molecule has 3 amide bonds. The van der Waals surface area contributed by atoms with Crippen LogP contribution in [0.15, 0.2) is 72.8 Å². The third-order valence-electron chi connectivity index (χ3n) is 7.36. The van der Waals surface area contributed by atoms with Gasteiger partial charge in [0, 0.05) is 16.7 Å². The van der Waals surface area contributed by atoms with Crippen molar-refractivity contribution in [2.75, 3.05) is 28.8 Å². The van der Waals surface area contributed by atoms with E-state index in [2.05, 4.69) is 16.0 Å². The summed E-state index contributed by atoms with van der Waals surface area (Å²) in [7, 11) is 1.28. The van der Waals surface area contributed by atoms with Crippen molar-refractivity contribution in [1.82, 2.24) is 0 Å². The number of carbonyl (C=O) groups excluding carboxylic acids is 4. The maximum Gasteiger partial charge on any atom is 0.337 e. The van der Waals surface area contributed by atoms with Gasteiger partial charge in [0.2, 0.25) is 0 Å². The second kappa shape index (κ2) is 18.0. The van der Waals surface area contributed by atoms with E-state index in [1.807, 2.05) is 55.4 Å². The molecule has 0 fully saturated rings. The molecular weight excluding hydrogens is 692 g/mol. The Hall–Kier alpha value is -6.24. The molecule has 54 heavy (non-hydrogen) atoms. The smallest absolute Gasteiger partial charge is 0.337 e. The molecule has 0 aromatic heterocycles. The van der Waals surface area contributed by atoms with Crippen LogP contribution in [0.5, 0.6) is 23.0 Å². The molecule has 5 N–H and O–H groups in total. The summed E-state index contributed by atoms with van der Waals surface area (Å²) in [4.78, 5) is 52.4. The first-order chi connectivity index (χ1) is 25.5. The van der Waals surface area contributed by atoms with Crippen LogP contribution in [-0.4, -0.2) is 55.2 Å². The van der Waals surface area contributed by atoms with Crippen LogP contribution in [0, 0.1) is 0 Å². The molecule has 0 heterocycles. The first-order valence-corrected chi connectivity index (χ1v) is 17.5. The minimum Gasteiger partial charge on any atom is -0.489 e. The molecule has 0 aliphatic heterocycles. The quantitative estimate of drug-likeness (QED) is 0.0691. The zero-order valence-corrected chi connectivity index (χ0v) is 32.0. The summed E-state index contributed by atoms with van der Waals surface area (Å²) in [6, 6.07) is 18.7. The summed E-state index contributed by atoms with van der Waals surface area (Å²) in [6.07, 6.45) is -0.938. The zero-order chi connectivity index (χ0) is 39.7. The Morgan fingerprint density at radius 3 is 1.11 bits per heavy atom. The summed E-state index contributed by atoms with van der Waals surface area (Å²) in [5.74, 6) is -0.679. The van der Waals surface area contributed by atoms with Crippen LogP contribution in [0.4, 0.5) is 22.7 Å². The number of nitrogens with two attached hydrogens (primary N) is 1. The number of esters is 1. The highest BCUT2D eigenvalue weighted by atomic mass is 16.5. The highest BCUT2D eigenvalue weighted by Gasteiger charge is 2.20. The largest absolute Gasteiger partial charge is 0.489 e. The minimum absolute atomic E-state index is 0.135. The van der Waals surface area contributed by atoms with Gasteiger partial charge in [0.25, 0.3) is 17.7 Å². The third-order valence-corrected chi connectivity index (χ3v) is 7.36. The average Bonchev–Trinajstić information content (AvgIpc) is 3.10. The van der Waals surface area contributed by atoms with Gasteiger partial charge < -0.3 is 45.4 Å². The van der Waals surface area contributed by atoms with E-state index in [0.29, 0.717) is 39.8 Å². The number of methoxy groups -OCH3 is 1. The van der Waals surface area contributed by atoms with Gasteiger partial charge in [-0.15, -0.1) is 0 Å². The molecule has 13 nitrogen and oxygen atoms in total. The molecule has 286 valence electrons. The molecule has 4 aromatic carbocycles. The van der Waals surface area contributed by atoms with E-state index in [1.165, 1.54) is 31.4 Å². The number of benzene rings is 4. The predicted octanol–water partition coefficient (Wildman–Crippen LogP) is 7.96. The van der Waals surface area contributed by atoms with Crippen molar-refractivity contribution in [3.8, 4) is 23.0 Å². The standard InChI is InChI=1S/C41H48N4O9/c1-22(2)51-34-18-26(10-14-30(34)42)38(46)43-31-15-11-27(19-35(31)52-23(3)4)39(47)44-32-16-12-28(20-36(32)53-24(5)6)40(48)45-33-17-13-29(41(49)50-9)21-37(33)54-25(7)8/h10-25H,42H2,1-9H3,(H,43,46)(H,44,47)(H,45,48). The second-order valence-corrected chi connectivity index (χ2v) is 13.4. The SMILES string of the molecule is COC(=O)c1ccc(NC(=O)c2ccc(NC(=O)c3ccc(NC(=O)c4ccc(N)c(OC(C)C)c4)c(OC(C)C)c3)c(OC(C)C)c2)c(OC(C)C)c1. The van der Waals surface area contributed by atoms with E-state index in [9.17, 15) is 19.2 Å². The molecular formula is C41H48N4O9. The molecule has 0 radical (unpaired) electrons. The van der Waals surface area contributed by atoms with Crippen molar-refractivity contribution < 1.29 is 42.9 Å². The highest BCUT2D eigenvalue weighted by molar-refractivity contribution is 6.09. The molecule has 0 atom stereocenters. The Kier molecular flexibility index (Phi) is 13.5. The first-order valence-electron chi connectivity index (χ1n) is 17.5. The number of rotatable bonds is 15. The number of amides is 3. The summed E-state index contributed by atoms with van der Waals surface area (Å²) < 4.78 is 28.4. The van der Waals surface area contributed by atoms with Gasteiger partial charge in [-0.05, 0) is 128 Å². The van der Waals surface area contributed by atoms with E-state index >= 15 is 0 Å². The fourth-order valence-corrected chi connectivity index (χ4v) is 5.07. The Balaban J connectivity index is 1.57. The van der Waals surface area contributed by atoms with Crippen LogP contribution in [0.2, 0.25) is 0 Å². The highest BCUT2D eigenvalue weighted by Crippen LogP contribution is 2.33. The predicted molar refractivity (Wildman–Crippen MR) is 208 cm³/mol. The van der Waals surface area contributed by atoms with Crippen LogP contribution < -0.4 is 40.6 Å². The van der Waals surface area contributed by atoms with Crippen molar-refractivity contribution in [2.45, 2.75) is 79.8 Å². The number of carbonyl (C=O) groups is 4. The lowest BCUT2D eigenvalue weighted by molar-refractivity contribution is 0.0599. The Morgan fingerprint density at radius 1 is 0.463 bits per heavy atom. The van der Waals surface area contributed by atoms with E-state index in [4.69, 9.17) is 29.4 Å². The molecule has 13 heteroatoms.